The molecule has 2 saturated heterocycles. The Hall–Kier alpha value is -1.87. The summed E-state index contributed by atoms with van der Waals surface area (Å²) in [5.74, 6) is -0.687. The molecule has 1 aromatic heterocycles. The van der Waals surface area contributed by atoms with Gasteiger partial charge in [0.2, 0.25) is 0 Å². The van der Waals surface area contributed by atoms with Crippen molar-refractivity contribution in [3.8, 4) is 0 Å². The number of aromatic nitrogens is 2. The van der Waals surface area contributed by atoms with Gasteiger partial charge in [0.1, 0.15) is 6.17 Å². The van der Waals surface area contributed by atoms with Gasteiger partial charge in [0, 0.05) is 60.7 Å². The molecule has 7 unspecified atom stereocenters. The molecule has 2 aliphatic carbocycles. The molecular formula is C26H36FN5O2S. The molecule has 1 N–H and O–H groups in total. The van der Waals surface area contributed by atoms with E-state index in [1.165, 1.54) is 12.8 Å². The highest BCUT2D eigenvalue weighted by Crippen LogP contribution is 2.51. The van der Waals surface area contributed by atoms with Gasteiger partial charge in [0.15, 0.2) is 5.78 Å². The molecule has 0 spiro atoms. The van der Waals surface area contributed by atoms with E-state index in [4.69, 9.17) is 0 Å². The first kappa shape index (κ1) is 23.5. The fourth-order valence-electron chi connectivity index (χ4n) is 7.02. The van der Waals surface area contributed by atoms with Gasteiger partial charge >= 0.3 is 0 Å². The third-order valence-electron chi connectivity index (χ3n) is 8.73. The van der Waals surface area contributed by atoms with Crippen LogP contribution in [0.4, 0.5) is 4.39 Å². The molecular weight excluding hydrogens is 465 g/mol. The minimum absolute atomic E-state index is 0.0139. The van der Waals surface area contributed by atoms with Crippen LogP contribution >= 0.6 is 11.8 Å². The predicted molar refractivity (Wildman–Crippen MR) is 134 cm³/mol. The van der Waals surface area contributed by atoms with E-state index >= 15 is 4.39 Å². The lowest BCUT2D eigenvalue weighted by Crippen LogP contribution is -2.70. The van der Waals surface area contributed by atoms with Gasteiger partial charge in [-0.2, -0.15) is 0 Å². The molecule has 9 heteroatoms. The number of aryl methyl sites for hydroxylation is 1. The topological polar surface area (TPSA) is 70.5 Å². The van der Waals surface area contributed by atoms with Crippen LogP contribution in [0.15, 0.2) is 30.5 Å². The average Bonchev–Trinajstić information content (AvgIpc) is 3.59. The monoisotopic (exact) mass is 501 g/mol. The van der Waals surface area contributed by atoms with Crippen LogP contribution in [-0.2, 0) is 16.1 Å². The standard InChI is InChI=1S/C26H36FN5O2S/c27-19-14-17-23-25(22(19)29-8-5-10-30-13-9-28-16-30)35-21-7-2-1-6-20(21)32(23)15-18(24(17)33)26(34)31-11-3-4-12-31/h9,13,15-17,19-23,25,29H,1-8,10-12,14H2. The second kappa shape index (κ2) is 9.88. The van der Waals surface area contributed by atoms with Crippen molar-refractivity contribution in [1.82, 2.24) is 24.7 Å². The third-order valence-corrected chi connectivity index (χ3v) is 10.5. The smallest absolute Gasteiger partial charge is 0.258 e. The Bertz CT molecular complexity index is 965. The fourth-order valence-corrected chi connectivity index (χ4v) is 9.11. The number of rotatable bonds is 6. The largest absolute Gasteiger partial charge is 0.368 e. The van der Waals surface area contributed by atoms with E-state index in [-0.39, 0.29) is 35.4 Å². The maximum atomic E-state index is 15.8. The van der Waals surface area contributed by atoms with Crippen molar-refractivity contribution >= 4 is 23.5 Å². The van der Waals surface area contributed by atoms with Crippen molar-refractivity contribution in [3.63, 3.8) is 0 Å². The molecule has 7 nitrogen and oxygen atoms in total. The van der Waals surface area contributed by atoms with Gasteiger partial charge < -0.3 is 19.7 Å². The first-order chi connectivity index (χ1) is 17.1. The number of imidazole rings is 1. The van der Waals surface area contributed by atoms with Crippen LogP contribution in [0.25, 0.3) is 0 Å². The lowest BCUT2D eigenvalue weighted by Gasteiger charge is -2.59. The van der Waals surface area contributed by atoms with Crippen molar-refractivity contribution in [2.24, 2.45) is 5.92 Å². The number of thioether (sulfide) groups is 1. The molecule has 1 amide bonds. The van der Waals surface area contributed by atoms with Gasteiger partial charge in [-0.3, -0.25) is 9.59 Å². The molecule has 7 atom stereocenters. The molecule has 3 aliphatic heterocycles. The first-order valence-electron chi connectivity index (χ1n) is 13.4. The molecule has 190 valence electrons. The van der Waals surface area contributed by atoms with Crippen LogP contribution in [0, 0.1) is 5.92 Å². The number of likely N-dealkylation sites (tertiary alicyclic amines) is 1. The van der Waals surface area contributed by atoms with Crippen LogP contribution in [0.1, 0.15) is 51.4 Å². The maximum absolute atomic E-state index is 15.8. The van der Waals surface area contributed by atoms with Crippen molar-refractivity contribution in [2.45, 2.75) is 92.7 Å². The molecule has 35 heavy (non-hydrogen) atoms. The van der Waals surface area contributed by atoms with E-state index in [2.05, 4.69) is 15.2 Å². The summed E-state index contributed by atoms with van der Waals surface area (Å²) in [7, 11) is 0. The van der Waals surface area contributed by atoms with E-state index in [9.17, 15) is 9.59 Å². The number of hydrogen-bond donors (Lipinski definition) is 1. The third kappa shape index (κ3) is 4.32. The summed E-state index contributed by atoms with van der Waals surface area (Å²) in [6.07, 6.45) is 14.0. The van der Waals surface area contributed by atoms with E-state index in [1.807, 2.05) is 40.0 Å². The van der Waals surface area contributed by atoms with Crippen LogP contribution in [-0.4, -0.2) is 85.5 Å². The molecule has 4 heterocycles. The zero-order chi connectivity index (χ0) is 23.9. The van der Waals surface area contributed by atoms with Crippen molar-refractivity contribution in [1.29, 1.82) is 0 Å². The highest BCUT2D eigenvalue weighted by Gasteiger charge is 2.58. The van der Waals surface area contributed by atoms with Crippen LogP contribution < -0.4 is 5.32 Å². The van der Waals surface area contributed by atoms with Crippen LogP contribution in [0.3, 0.4) is 0 Å². The Morgan fingerprint density at radius 3 is 2.83 bits per heavy atom. The molecule has 5 aliphatic rings. The highest BCUT2D eigenvalue weighted by atomic mass is 32.2. The second-order valence-corrected chi connectivity index (χ2v) is 12.2. The summed E-state index contributed by atoms with van der Waals surface area (Å²) in [4.78, 5) is 35.2. The number of alkyl halides is 1. The van der Waals surface area contributed by atoms with Crippen molar-refractivity contribution in [2.75, 3.05) is 19.6 Å². The minimum atomic E-state index is -1.09. The highest BCUT2D eigenvalue weighted by molar-refractivity contribution is 8.00. The Kier molecular flexibility index (Phi) is 6.64. The maximum Gasteiger partial charge on any atom is 0.258 e. The Balaban J connectivity index is 1.25. The average molecular weight is 502 g/mol. The number of ketones is 1. The van der Waals surface area contributed by atoms with Gasteiger partial charge in [0.25, 0.3) is 5.91 Å². The Labute approximate surface area is 210 Å². The number of carbonyl (C=O) groups excluding carboxylic acids is 2. The number of halogens is 1. The summed E-state index contributed by atoms with van der Waals surface area (Å²) in [6.45, 7) is 3.02. The number of carbonyl (C=O) groups is 2. The number of nitrogens with one attached hydrogen (secondary N) is 1. The number of fused-ring (bicyclic) bond motifs is 2. The number of hydrogen-bond acceptors (Lipinski definition) is 6. The lowest BCUT2D eigenvalue weighted by atomic mass is 9.72. The zero-order valence-electron chi connectivity index (χ0n) is 20.2. The summed E-state index contributed by atoms with van der Waals surface area (Å²) in [6, 6.07) is 0.0385. The predicted octanol–water partition coefficient (Wildman–Crippen LogP) is 2.78. The summed E-state index contributed by atoms with van der Waals surface area (Å²) in [5, 5.41) is 3.99. The summed E-state index contributed by atoms with van der Waals surface area (Å²) in [5.41, 5.74) is 0.307. The van der Waals surface area contributed by atoms with E-state index in [0.717, 1.165) is 58.3 Å². The number of nitrogens with zero attached hydrogens (tertiary/aromatic N) is 4. The minimum Gasteiger partial charge on any atom is -0.368 e. The molecule has 2 saturated carbocycles. The zero-order valence-corrected chi connectivity index (χ0v) is 21.0. The molecule has 0 bridgehead atoms. The van der Waals surface area contributed by atoms with Crippen molar-refractivity contribution < 1.29 is 14.0 Å². The van der Waals surface area contributed by atoms with Gasteiger partial charge in [-0.05, 0) is 45.1 Å². The summed E-state index contributed by atoms with van der Waals surface area (Å²) >= 11 is 1.92. The molecule has 6 rings (SSSR count). The van der Waals surface area contributed by atoms with Gasteiger partial charge in [-0.15, -0.1) is 11.8 Å². The Morgan fingerprint density at radius 2 is 2.03 bits per heavy atom. The van der Waals surface area contributed by atoms with E-state index in [1.54, 1.807) is 6.20 Å². The number of Topliss-reactive ketones (excluding diaryl/α,β-unsaturated/α-hetero) is 1. The molecule has 4 fully saturated rings. The summed E-state index contributed by atoms with van der Waals surface area (Å²) < 4.78 is 17.8. The van der Waals surface area contributed by atoms with E-state index in [0.29, 0.717) is 16.9 Å². The van der Waals surface area contributed by atoms with Crippen LogP contribution in [0.5, 0.6) is 0 Å². The second-order valence-electron chi connectivity index (χ2n) is 10.8. The van der Waals surface area contributed by atoms with Crippen molar-refractivity contribution in [3.05, 3.63) is 30.5 Å². The normalized spacial score (nSPS) is 36.5. The quantitative estimate of drug-likeness (QED) is 0.478. The molecule has 0 aromatic carbocycles. The van der Waals surface area contributed by atoms with Crippen LogP contribution in [0.2, 0.25) is 0 Å². The SMILES string of the molecule is O=C1C(C(=O)N2CCCC2)=CN2C3CCCCC3SC3C(NCCCn4ccnc4)C(F)CC1C32. The number of amides is 1. The first-order valence-corrected chi connectivity index (χ1v) is 14.4. The van der Waals surface area contributed by atoms with Gasteiger partial charge in [-0.25, -0.2) is 9.37 Å². The molecule has 1 aromatic rings. The van der Waals surface area contributed by atoms with Gasteiger partial charge in [0.05, 0.1) is 24.0 Å². The fraction of sp³-hybridized carbons (Fsp3) is 0.731. The lowest BCUT2D eigenvalue weighted by molar-refractivity contribution is -0.133. The Morgan fingerprint density at radius 1 is 1.20 bits per heavy atom. The molecule has 0 radical (unpaired) electrons. The van der Waals surface area contributed by atoms with E-state index < -0.39 is 12.1 Å². The van der Waals surface area contributed by atoms with Gasteiger partial charge in [-0.1, -0.05) is 12.8 Å².